The lowest BCUT2D eigenvalue weighted by Gasteiger charge is -2.25. The monoisotopic (exact) mass is 449 g/mol. The third-order valence-electron chi connectivity index (χ3n) is 4.25. The summed E-state index contributed by atoms with van der Waals surface area (Å²) in [6.07, 6.45) is 1.63. The minimum atomic E-state index is -1.49. The number of carboxylic acids is 1. The summed E-state index contributed by atoms with van der Waals surface area (Å²) in [6, 6.07) is -4.37. The van der Waals surface area contributed by atoms with Crippen LogP contribution in [0.5, 0.6) is 0 Å². The fourth-order valence-electron chi connectivity index (χ4n) is 2.56. The van der Waals surface area contributed by atoms with E-state index in [1.165, 1.54) is 0 Å². The highest BCUT2D eigenvalue weighted by atomic mass is 32.1. The van der Waals surface area contributed by atoms with Crippen molar-refractivity contribution in [1.82, 2.24) is 16.0 Å². The van der Waals surface area contributed by atoms with E-state index in [1.807, 2.05) is 13.8 Å². The summed E-state index contributed by atoms with van der Waals surface area (Å²) in [7, 11) is 0. The first-order valence-electron chi connectivity index (χ1n) is 9.88. The number of carbonyl (C=O) groups is 4. The van der Waals surface area contributed by atoms with Gasteiger partial charge in [-0.3, -0.25) is 14.4 Å². The molecular weight excluding hydrogens is 414 g/mol. The summed E-state index contributed by atoms with van der Waals surface area (Å²) in [4.78, 5) is 48.5. The van der Waals surface area contributed by atoms with Crippen LogP contribution in [0.1, 0.15) is 39.5 Å². The molecule has 174 valence electrons. The van der Waals surface area contributed by atoms with Crippen molar-refractivity contribution in [2.45, 2.75) is 63.7 Å². The molecule has 0 saturated carbocycles. The van der Waals surface area contributed by atoms with Gasteiger partial charge in [-0.05, 0) is 38.1 Å². The van der Waals surface area contributed by atoms with Crippen molar-refractivity contribution < 1.29 is 29.4 Å². The van der Waals surface area contributed by atoms with E-state index in [9.17, 15) is 19.2 Å². The Kier molecular flexibility index (Phi) is 14.0. The quantitative estimate of drug-likeness (QED) is 0.103. The predicted octanol–water partition coefficient (Wildman–Crippen LogP) is -2.05. The topological polar surface area (TPSA) is 197 Å². The van der Waals surface area contributed by atoms with Gasteiger partial charge < -0.3 is 37.6 Å². The number of carboxylic acid groups (broad SMARTS) is 1. The largest absolute Gasteiger partial charge is 0.480 e. The molecule has 0 radical (unpaired) electrons. The summed E-state index contributed by atoms with van der Waals surface area (Å²) in [5.41, 5.74) is 11.1. The molecule has 0 aliphatic rings. The second-order valence-electron chi connectivity index (χ2n) is 7.41. The first-order valence-corrected chi connectivity index (χ1v) is 10.5. The van der Waals surface area contributed by atoms with E-state index in [-0.39, 0.29) is 18.1 Å². The van der Waals surface area contributed by atoms with E-state index in [1.54, 1.807) is 0 Å². The molecule has 0 aliphatic heterocycles. The Labute approximate surface area is 182 Å². The van der Waals surface area contributed by atoms with Crippen LogP contribution < -0.4 is 27.4 Å². The van der Waals surface area contributed by atoms with Gasteiger partial charge in [0.15, 0.2) is 0 Å². The summed E-state index contributed by atoms with van der Waals surface area (Å²) in [5, 5.41) is 25.5. The summed E-state index contributed by atoms with van der Waals surface area (Å²) >= 11 is 3.97. The Hall–Kier alpha value is -1.89. The van der Waals surface area contributed by atoms with Gasteiger partial charge in [-0.1, -0.05) is 13.8 Å². The van der Waals surface area contributed by atoms with E-state index in [0.717, 1.165) is 0 Å². The van der Waals surface area contributed by atoms with Crippen LogP contribution in [0.2, 0.25) is 0 Å². The first kappa shape index (κ1) is 28.1. The molecule has 0 aromatic heterocycles. The van der Waals surface area contributed by atoms with Crippen molar-refractivity contribution in [1.29, 1.82) is 0 Å². The number of amides is 3. The Morgan fingerprint density at radius 2 is 1.47 bits per heavy atom. The zero-order valence-corrected chi connectivity index (χ0v) is 18.4. The van der Waals surface area contributed by atoms with Gasteiger partial charge in [0, 0.05) is 5.75 Å². The number of hydrogen-bond donors (Lipinski definition) is 8. The van der Waals surface area contributed by atoms with Crippen molar-refractivity contribution in [2.24, 2.45) is 17.4 Å². The molecule has 4 atom stereocenters. The van der Waals surface area contributed by atoms with Crippen molar-refractivity contribution in [2.75, 3.05) is 18.9 Å². The minimum Gasteiger partial charge on any atom is -0.480 e. The fourth-order valence-corrected chi connectivity index (χ4v) is 2.72. The number of unbranched alkanes of at least 4 members (excludes halogenated alkanes) is 1. The molecule has 3 amide bonds. The number of nitrogens with two attached hydrogens (primary N) is 2. The number of aliphatic hydroxyl groups is 1. The molecular formula is C18H35N5O6S. The molecule has 0 spiro atoms. The van der Waals surface area contributed by atoms with Gasteiger partial charge >= 0.3 is 5.97 Å². The number of nitrogens with one attached hydrogen (secondary N) is 3. The molecule has 0 rings (SSSR count). The normalized spacial score (nSPS) is 15.0. The second kappa shape index (κ2) is 15.0. The molecule has 9 N–H and O–H groups in total. The lowest BCUT2D eigenvalue weighted by Crippen LogP contribution is -2.57. The van der Waals surface area contributed by atoms with Gasteiger partial charge in [-0.2, -0.15) is 12.6 Å². The molecule has 0 aromatic rings. The third-order valence-corrected chi connectivity index (χ3v) is 4.64. The standard InChI is InChI=1S/C18H35N5O6S/c1-10(2)7-13(22-15(25)11(20)9-30)17(27)21-12(5-3-4-6-19)16(26)23-14(8-24)18(28)29/h10-14,24,30H,3-9,19-20H2,1-2H3,(H,21,27)(H,22,25)(H,23,26)(H,28,29). The predicted molar refractivity (Wildman–Crippen MR) is 115 cm³/mol. The number of aliphatic hydroxyl groups excluding tert-OH is 1. The lowest BCUT2D eigenvalue weighted by molar-refractivity contribution is -0.143. The number of hydrogen-bond acceptors (Lipinski definition) is 8. The highest BCUT2D eigenvalue weighted by Crippen LogP contribution is 2.08. The maximum Gasteiger partial charge on any atom is 0.328 e. The van der Waals surface area contributed by atoms with Gasteiger partial charge in [-0.15, -0.1) is 0 Å². The third kappa shape index (κ3) is 10.8. The van der Waals surface area contributed by atoms with Crippen LogP contribution in [0.3, 0.4) is 0 Å². The molecule has 0 fully saturated rings. The van der Waals surface area contributed by atoms with Gasteiger partial charge in [0.1, 0.15) is 18.1 Å². The van der Waals surface area contributed by atoms with Crippen LogP contribution in [0.15, 0.2) is 0 Å². The maximum absolute atomic E-state index is 12.8. The summed E-state index contributed by atoms with van der Waals surface area (Å²) in [6.45, 7) is 3.34. The summed E-state index contributed by atoms with van der Waals surface area (Å²) < 4.78 is 0. The first-order chi connectivity index (χ1) is 14.1. The zero-order valence-electron chi connectivity index (χ0n) is 17.5. The number of aliphatic carboxylic acids is 1. The molecule has 0 aliphatic carbocycles. The summed E-state index contributed by atoms with van der Waals surface area (Å²) in [5.74, 6) is -3.12. The van der Waals surface area contributed by atoms with Gasteiger partial charge in [0.2, 0.25) is 17.7 Å². The Balaban J connectivity index is 5.35. The van der Waals surface area contributed by atoms with E-state index < -0.39 is 54.5 Å². The average Bonchev–Trinajstić information content (AvgIpc) is 2.69. The average molecular weight is 450 g/mol. The van der Waals surface area contributed by atoms with Crippen LogP contribution in [0.4, 0.5) is 0 Å². The molecule has 11 nitrogen and oxygen atoms in total. The number of rotatable bonds is 15. The molecule has 0 aromatic carbocycles. The molecule has 0 saturated heterocycles. The second-order valence-corrected chi connectivity index (χ2v) is 7.77. The van der Waals surface area contributed by atoms with Crippen LogP contribution >= 0.6 is 12.6 Å². The highest BCUT2D eigenvalue weighted by molar-refractivity contribution is 7.80. The van der Waals surface area contributed by atoms with Crippen LogP contribution in [0, 0.1) is 5.92 Å². The molecule has 30 heavy (non-hydrogen) atoms. The van der Waals surface area contributed by atoms with Gasteiger partial charge in [0.25, 0.3) is 0 Å². The molecule has 0 heterocycles. The Bertz CT molecular complexity index is 577. The van der Waals surface area contributed by atoms with Gasteiger partial charge in [0.05, 0.1) is 12.6 Å². The van der Waals surface area contributed by atoms with Crippen molar-refractivity contribution in [3.8, 4) is 0 Å². The van der Waals surface area contributed by atoms with E-state index >= 15 is 0 Å². The van der Waals surface area contributed by atoms with Crippen LogP contribution in [-0.2, 0) is 19.2 Å². The van der Waals surface area contributed by atoms with Crippen molar-refractivity contribution in [3.63, 3.8) is 0 Å². The van der Waals surface area contributed by atoms with Gasteiger partial charge in [-0.25, -0.2) is 4.79 Å². The smallest absolute Gasteiger partial charge is 0.328 e. The maximum atomic E-state index is 12.8. The Morgan fingerprint density at radius 1 is 0.933 bits per heavy atom. The number of carbonyl (C=O) groups excluding carboxylic acids is 3. The van der Waals surface area contributed by atoms with E-state index in [4.69, 9.17) is 21.7 Å². The lowest BCUT2D eigenvalue weighted by atomic mass is 10.0. The minimum absolute atomic E-state index is 0.0589. The fraction of sp³-hybridized carbons (Fsp3) is 0.778. The van der Waals surface area contributed by atoms with Crippen molar-refractivity contribution >= 4 is 36.3 Å². The van der Waals surface area contributed by atoms with Crippen LogP contribution in [-0.4, -0.2) is 77.0 Å². The number of thiol groups is 1. The van der Waals surface area contributed by atoms with Crippen molar-refractivity contribution in [3.05, 3.63) is 0 Å². The van der Waals surface area contributed by atoms with E-state index in [2.05, 4.69) is 28.6 Å². The molecule has 4 unspecified atom stereocenters. The molecule has 12 heteroatoms. The highest BCUT2D eigenvalue weighted by Gasteiger charge is 2.30. The Morgan fingerprint density at radius 3 is 1.93 bits per heavy atom. The zero-order chi connectivity index (χ0) is 23.3. The van der Waals surface area contributed by atoms with E-state index in [0.29, 0.717) is 25.8 Å². The molecule has 0 bridgehead atoms. The SMILES string of the molecule is CC(C)CC(NC(=O)C(N)CS)C(=O)NC(CCCCN)C(=O)NC(CO)C(=O)O. The van der Waals surface area contributed by atoms with Crippen LogP contribution in [0.25, 0.3) is 0 Å².